The second-order valence-electron chi connectivity index (χ2n) is 9.07. The number of amides is 1. The van der Waals surface area contributed by atoms with Crippen LogP contribution >= 0.6 is 0 Å². The zero-order valence-electron chi connectivity index (χ0n) is 18.6. The van der Waals surface area contributed by atoms with Gasteiger partial charge in [-0.05, 0) is 17.7 Å². The van der Waals surface area contributed by atoms with Crippen molar-refractivity contribution < 1.29 is 26.4 Å². The van der Waals surface area contributed by atoms with Crippen LogP contribution in [0, 0.1) is 11.7 Å². The second-order valence-corrected chi connectivity index (χ2v) is 11.0. The van der Waals surface area contributed by atoms with Crippen LogP contribution in [0.4, 0.5) is 24.5 Å². The zero-order valence-corrected chi connectivity index (χ0v) is 19.4. The standard InChI is InChI=1S/C23H25F3N4O3S/c1-27-21-11-16(5-6-20(21)30(34(27,32)33)14-18-12-23(18,25)26)19-4-2-3-17(22(19)24)13-28-7-9-29(15-31)10-8-28/h2-6,11,15,18H,7-10,12-14H2,1H3. The van der Waals surface area contributed by atoms with E-state index in [1.807, 2.05) is 0 Å². The molecule has 2 fully saturated rings. The van der Waals surface area contributed by atoms with Crippen LogP contribution in [0.15, 0.2) is 36.4 Å². The van der Waals surface area contributed by atoms with E-state index in [9.17, 15) is 22.0 Å². The molecule has 0 aromatic heterocycles. The van der Waals surface area contributed by atoms with Crippen LogP contribution in [-0.4, -0.2) is 70.3 Å². The monoisotopic (exact) mass is 494 g/mol. The van der Waals surface area contributed by atoms with Crippen molar-refractivity contribution in [2.24, 2.45) is 5.92 Å². The predicted octanol–water partition coefficient (Wildman–Crippen LogP) is 2.92. The van der Waals surface area contributed by atoms with Gasteiger partial charge in [0.05, 0.1) is 11.4 Å². The van der Waals surface area contributed by atoms with Gasteiger partial charge in [-0.25, -0.2) is 13.2 Å². The Morgan fingerprint density at radius 1 is 1.09 bits per heavy atom. The van der Waals surface area contributed by atoms with Gasteiger partial charge in [-0.3, -0.25) is 18.3 Å². The van der Waals surface area contributed by atoms with Gasteiger partial charge < -0.3 is 4.90 Å². The maximum Gasteiger partial charge on any atom is 0.326 e. The van der Waals surface area contributed by atoms with Crippen LogP contribution in [0.1, 0.15) is 12.0 Å². The molecule has 1 amide bonds. The van der Waals surface area contributed by atoms with Crippen LogP contribution in [0.3, 0.4) is 0 Å². The van der Waals surface area contributed by atoms with Crippen molar-refractivity contribution in [3.63, 3.8) is 0 Å². The highest BCUT2D eigenvalue weighted by Gasteiger charge is 2.59. The predicted molar refractivity (Wildman–Crippen MR) is 122 cm³/mol. The summed E-state index contributed by atoms with van der Waals surface area (Å²) in [5.74, 6) is -4.22. The summed E-state index contributed by atoms with van der Waals surface area (Å²) < 4.78 is 70.2. The van der Waals surface area contributed by atoms with Gasteiger partial charge in [0, 0.05) is 69.8 Å². The number of hydrogen-bond acceptors (Lipinski definition) is 4. The molecule has 2 aromatic rings. The van der Waals surface area contributed by atoms with Crippen molar-refractivity contribution in [3.8, 4) is 11.1 Å². The first-order valence-electron chi connectivity index (χ1n) is 11.1. The fourth-order valence-corrected chi connectivity index (χ4v) is 6.07. The van der Waals surface area contributed by atoms with Crippen LogP contribution in [0.2, 0.25) is 0 Å². The number of halogens is 3. The molecule has 1 atom stereocenters. The molecular weight excluding hydrogens is 469 g/mol. The Morgan fingerprint density at radius 2 is 1.79 bits per heavy atom. The summed E-state index contributed by atoms with van der Waals surface area (Å²) in [5.41, 5.74) is 2.00. The second kappa shape index (κ2) is 8.16. The van der Waals surface area contributed by atoms with Crippen molar-refractivity contribution in [3.05, 3.63) is 47.8 Å². The van der Waals surface area contributed by atoms with Crippen LogP contribution in [-0.2, 0) is 21.5 Å². The molecule has 2 aliphatic heterocycles. The van der Waals surface area contributed by atoms with Crippen molar-refractivity contribution in [2.45, 2.75) is 18.9 Å². The number of anilines is 2. The third-order valence-corrected chi connectivity index (χ3v) is 8.68. The fraction of sp³-hybridized carbons (Fsp3) is 0.435. The summed E-state index contributed by atoms with van der Waals surface area (Å²) >= 11 is 0. The maximum absolute atomic E-state index is 15.5. The number of alkyl halides is 2. The normalized spacial score (nSPS) is 23.2. The number of carbonyl (C=O) groups excluding carboxylic acids is 1. The summed E-state index contributed by atoms with van der Waals surface area (Å²) in [5, 5.41) is 0. The highest BCUT2D eigenvalue weighted by atomic mass is 32.2. The molecule has 7 nitrogen and oxygen atoms in total. The Hall–Kier alpha value is -2.79. The van der Waals surface area contributed by atoms with Crippen molar-refractivity contribution >= 4 is 28.0 Å². The van der Waals surface area contributed by atoms with Gasteiger partial charge in [-0.1, -0.05) is 24.3 Å². The van der Waals surface area contributed by atoms with Gasteiger partial charge in [0.15, 0.2) is 0 Å². The van der Waals surface area contributed by atoms with Crippen molar-refractivity contribution in [1.82, 2.24) is 9.80 Å². The van der Waals surface area contributed by atoms with E-state index in [0.717, 1.165) is 15.0 Å². The quantitative estimate of drug-likeness (QED) is 0.580. The first kappa shape index (κ1) is 23.0. The molecule has 5 rings (SSSR count). The number of rotatable bonds is 6. The Balaban J connectivity index is 1.41. The topological polar surface area (TPSA) is 64.2 Å². The van der Waals surface area contributed by atoms with Gasteiger partial charge in [0.25, 0.3) is 5.92 Å². The lowest BCUT2D eigenvalue weighted by Gasteiger charge is -2.32. The summed E-state index contributed by atoms with van der Waals surface area (Å²) in [6.07, 6.45) is 0.499. The SMILES string of the molecule is CN1c2cc(-c3cccc(CN4CCN(C=O)CC4)c3F)ccc2N(CC2CC2(F)F)S1(=O)=O. The largest absolute Gasteiger partial charge is 0.343 e. The van der Waals surface area contributed by atoms with E-state index in [0.29, 0.717) is 60.8 Å². The summed E-state index contributed by atoms with van der Waals surface area (Å²) in [4.78, 5) is 14.7. The van der Waals surface area contributed by atoms with Gasteiger partial charge >= 0.3 is 10.2 Å². The van der Waals surface area contributed by atoms with E-state index in [2.05, 4.69) is 4.90 Å². The smallest absolute Gasteiger partial charge is 0.326 e. The minimum Gasteiger partial charge on any atom is -0.343 e. The molecule has 34 heavy (non-hydrogen) atoms. The number of nitrogens with zero attached hydrogens (tertiary/aromatic N) is 4. The molecule has 1 saturated carbocycles. The Labute approximate surface area is 196 Å². The van der Waals surface area contributed by atoms with Crippen LogP contribution in [0.5, 0.6) is 0 Å². The fourth-order valence-electron chi connectivity index (χ4n) is 4.60. The Morgan fingerprint density at radius 3 is 2.44 bits per heavy atom. The lowest BCUT2D eigenvalue weighted by atomic mass is 10.0. The van der Waals surface area contributed by atoms with E-state index in [4.69, 9.17) is 0 Å². The van der Waals surface area contributed by atoms with E-state index < -0.39 is 27.9 Å². The molecule has 1 aliphatic carbocycles. The van der Waals surface area contributed by atoms with Gasteiger partial charge in [0.1, 0.15) is 5.82 Å². The molecular formula is C23H25F3N4O3S. The van der Waals surface area contributed by atoms with E-state index in [-0.39, 0.29) is 13.0 Å². The van der Waals surface area contributed by atoms with Gasteiger partial charge in [-0.2, -0.15) is 8.42 Å². The van der Waals surface area contributed by atoms with Gasteiger partial charge in [-0.15, -0.1) is 0 Å². The Kier molecular flexibility index (Phi) is 5.51. The molecule has 2 aromatic carbocycles. The molecule has 0 spiro atoms. The zero-order chi connectivity index (χ0) is 24.3. The highest BCUT2D eigenvalue weighted by molar-refractivity contribution is 7.94. The number of fused-ring (bicyclic) bond motifs is 1. The van der Waals surface area contributed by atoms with E-state index >= 15 is 4.39 Å². The average molecular weight is 495 g/mol. The highest BCUT2D eigenvalue weighted by Crippen LogP contribution is 2.51. The molecule has 1 saturated heterocycles. The Bertz CT molecular complexity index is 1230. The minimum atomic E-state index is -3.97. The molecule has 182 valence electrons. The minimum absolute atomic E-state index is 0.284. The molecule has 3 aliphatic rings. The van der Waals surface area contributed by atoms with Crippen molar-refractivity contribution in [2.75, 3.05) is 48.4 Å². The third kappa shape index (κ3) is 3.90. The van der Waals surface area contributed by atoms with E-state index in [1.54, 1.807) is 41.3 Å². The number of piperazine rings is 1. The van der Waals surface area contributed by atoms with Crippen LogP contribution in [0.25, 0.3) is 11.1 Å². The summed E-state index contributed by atoms with van der Waals surface area (Å²) in [7, 11) is -2.60. The summed E-state index contributed by atoms with van der Waals surface area (Å²) in [6, 6.07) is 9.87. The number of benzene rings is 2. The molecule has 0 N–H and O–H groups in total. The number of carbonyl (C=O) groups is 1. The summed E-state index contributed by atoms with van der Waals surface area (Å²) in [6.45, 7) is 2.61. The van der Waals surface area contributed by atoms with Crippen molar-refractivity contribution in [1.29, 1.82) is 0 Å². The average Bonchev–Trinajstić information content (AvgIpc) is 3.38. The first-order chi connectivity index (χ1) is 16.1. The van der Waals surface area contributed by atoms with Gasteiger partial charge in [0.2, 0.25) is 6.41 Å². The third-order valence-electron chi connectivity index (χ3n) is 6.89. The first-order valence-corrected chi connectivity index (χ1v) is 12.5. The van der Waals surface area contributed by atoms with E-state index in [1.165, 1.54) is 7.05 Å². The molecule has 0 radical (unpaired) electrons. The molecule has 2 heterocycles. The lowest BCUT2D eigenvalue weighted by Crippen LogP contribution is -2.45. The number of hydrogen-bond donors (Lipinski definition) is 0. The molecule has 1 unspecified atom stereocenters. The molecule has 11 heteroatoms. The van der Waals surface area contributed by atoms with Crippen LogP contribution < -0.4 is 8.61 Å². The molecule has 0 bridgehead atoms. The lowest BCUT2D eigenvalue weighted by molar-refractivity contribution is -0.119. The maximum atomic E-state index is 15.5.